The van der Waals surface area contributed by atoms with Gasteiger partial charge in [0.15, 0.2) is 0 Å². The average Bonchev–Trinajstić information content (AvgIpc) is 3.95. The summed E-state index contributed by atoms with van der Waals surface area (Å²) in [4.78, 5) is 2.38. The Balaban J connectivity index is 0.939. The highest BCUT2D eigenvalue weighted by molar-refractivity contribution is 6.11. The average molecular weight is 855 g/mol. The van der Waals surface area contributed by atoms with E-state index in [-0.39, 0.29) is 0 Å². The minimum atomic E-state index is 0.894. The number of aromatic nitrogens is 1. The molecule has 13 rings (SSSR count). The van der Waals surface area contributed by atoms with E-state index in [4.69, 9.17) is 4.42 Å². The van der Waals surface area contributed by atoms with Crippen LogP contribution in [0.1, 0.15) is 0 Å². The van der Waals surface area contributed by atoms with Gasteiger partial charge < -0.3 is 13.9 Å². The van der Waals surface area contributed by atoms with E-state index < -0.39 is 0 Å². The van der Waals surface area contributed by atoms with Crippen LogP contribution in [0.5, 0.6) is 0 Å². The summed E-state index contributed by atoms with van der Waals surface area (Å²) in [5.41, 5.74) is 17.7. The van der Waals surface area contributed by atoms with Crippen molar-refractivity contribution < 1.29 is 4.42 Å². The van der Waals surface area contributed by atoms with Crippen molar-refractivity contribution in [2.24, 2.45) is 0 Å². The van der Waals surface area contributed by atoms with Gasteiger partial charge in [-0.2, -0.15) is 0 Å². The Bertz CT molecular complexity index is 3950. The lowest BCUT2D eigenvalue weighted by molar-refractivity contribution is 0.670. The van der Waals surface area contributed by atoms with E-state index in [0.717, 1.165) is 66.9 Å². The number of anilines is 3. The van der Waals surface area contributed by atoms with Gasteiger partial charge in [-0.3, -0.25) is 0 Å². The molecule has 0 spiro atoms. The normalized spacial score (nSPS) is 11.6. The summed E-state index contributed by atoms with van der Waals surface area (Å²) < 4.78 is 8.97. The van der Waals surface area contributed by atoms with Gasteiger partial charge in [0.2, 0.25) is 0 Å². The molecule has 0 aliphatic rings. The second-order valence-corrected chi connectivity index (χ2v) is 17.3. The van der Waals surface area contributed by atoms with Crippen LogP contribution in [-0.2, 0) is 0 Å². The zero-order valence-electron chi connectivity index (χ0n) is 36.6. The largest absolute Gasteiger partial charge is 0.455 e. The Morgan fingerprint density at radius 1 is 0.299 bits per heavy atom. The summed E-state index contributed by atoms with van der Waals surface area (Å²) in [6.45, 7) is 0. The highest BCUT2D eigenvalue weighted by Gasteiger charge is 2.20. The first kappa shape index (κ1) is 38.5. The third kappa shape index (κ3) is 6.59. The number of furan rings is 1. The first-order chi connectivity index (χ1) is 33.2. The predicted molar refractivity (Wildman–Crippen MR) is 282 cm³/mol. The molecule has 0 bridgehead atoms. The number of benzene rings is 11. The SMILES string of the molecule is c1cc(-c2ccc3ccccc3c2)cc(N(c2ccc(-c3ccccc3-c3ccccc3-n3c4ccccc4c4ccccc43)cc2)c2cccc(-c3cccc4c3oc3ccccc34)c2)c1. The highest BCUT2D eigenvalue weighted by Crippen LogP contribution is 2.44. The van der Waals surface area contributed by atoms with Crippen LogP contribution in [0, 0.1) is 0 Å². The van der Waals surface area contributed by atoms with Gasteiger partial charge in [0.1, 0.15) is 11.2 Å². The Hall–Kier alpha value is -8.92. The molecule has 2 heterocycles. The second kappa shape index (κ2) is 16.0. The summed E-state index contributed by atoms with van der Waals surface area (Å²) in [6.07, 6.45) is 0. The van der Waals surface area contributed by atoms with E-state index >= 15 is 0 Å². The first-order valence-electron chi connectivity index (χ1n) is 22.9. The molecular formula is C64H42N2O. The molecule has 0 saturated heterocycles. The van der Waals surface area contributed by atoms with Crippen molar-refractivity contribution in [1.29, 1.82) is 0 Å². The highest BCUT2D eigenvalue weighted by atomic mass is 16.3. The van der Waals surface area contributed by atoms with E-state index in [1.807, 2.05) is 12.1 Å². The van der Waals surface area contributed by atoms with E-state index in [0.29, 0.717) is 0 Å². The molecule has 0 atom stereocenters. The summed E-state index contributed by atoms with van der Waals surface area (Å²) >= 11 is 0. The van der Waals surface area contributed by atoms with Gasteiger partial charge in [-0.25, -0.2) is 0 Å². The summed E-state index contributed by atoms with van der Waals surface area (Å²) in [7, 11) is 0. The van der Waals surface area contributed by atoms with Crippen molar-refractivity contribution in [2.75, 3.05) is 4.90 Å². The van der Waals surface area contributed by atoms with Gasteiger partial charge in [-0.15, -0.1) is 0 Å². The predicted octanol–water partition coefficient (Wildman–Crippen LogP) is 18.0. The van der Waals surface area contributed by atoms with Gasteiger partial charge in [0.05, 0.1) is 16.7 Å². The van der Waals surface area contributed by atoms with Crippen LogP contribution >= 0.6 is 0 Å². The number of hydrogen-bond acceptors (Lipinski definition) is 2. The zero-order valence-corrected chi connectivity index (χ0v) is 36.6. The van der Waals surface area contributed by atoms with Crippen molar-refractivity contribution in [1.82, 2.24) is 4.57 Å². The lowest BCUT2D eigenvalue weighted by atomic mass is 9.93. The lowest BCUT2D eigenvalue weighted by Gasteiger charge is -2.27. The molecule has 0 fully saturated rings. The molecule has 3 heteroatoms. The van der Waals surface area contributed by atoms with E-state index in [9.17, 15) is 0 Å². The van der Waals surface area contributed by atoms with Crippen LogP contribution in [-0.4, -0.2) is 4.57 Å². The monoisotopic (exact) mass is 854 g/mol. The van der Waals surface area contributed by atoms with Gasteiger partial charge >= 0.3 is 0 Å². The molecule has 11 aromatic carbocycles. The maximum Gasteiger partial charge on any atom is 0.143 e. The van der Waals surface area contributed by atoms with Crippen molar-refractivity contribution in [3.05, 3.63) is 255 Å². The Kier molecular flexibility index (Phi) is 9.17. The van der Waals surface area contributed by atoms with Gasteiger partial charge in [-0.05, 0) is 111 Å². The quantitative estimate of drug-likeness (QED) is 0.152. The number of hydrogen-bond donors (Lipinski definition) is 0. The van der Waals surface area contributed by atoms with Crippen LogP contribution < -0.4 is 4.90 Å². The minimum absolute atomic E-state index is 0.894. The van der Waals surface area contributed by atoms with Crippen LogP contribution in [0.25, 0.3) is 105 Å². The summed E-state index contributed by atoms with van der Waals surface area (Å²) in [5.74, 6) is 0. The molecule has 3 nitrogen and oxygen atoms in total. The van der Waals surface area contributed by atoms with Crippen LogP contribution in [0.15, 0.2) is 259 Å². The maximum absolute atomic E-state index is 6.55. The fourth-order valence-corrected chi connectivity index (χ4v) is 10.3. The molecule has 0 saturated carbocycles. The lowest BCUT2D eigenvalue weighted by Crippen LogP contribution is -2.10. The third-order valence-electron chi connectivity index (χ3n) is 13.4. The molecule has 0 N–H and O–H groups in total. The molecule has 67 heavy (non-hydrogen) atoms. The number of fused-ring (bicyclic) bond motifs is 7. The molecule has 13 aromatic rings. The molecular weight excluding hydrogens is 813 g/mol. The molecule has 2 aromatic heterocycles. The Morgan fingerprint density at radius 2 is 0.836 bits per heavy atom. The number of para-hydroxylation sites is 5. The van der Waals surface area contributed by atoms with Crippen molar-refractivity contribution >= 4 is 71.6 Å². The molecule has 0 radical (unpaired) electrons. The smallest absolute Gasteiger partial charge is 0.143 e. The molecule has 0 aliphatic heterocycles. The van der Waals surface area contributed by atoms with Crippen molar-refractivity contribution in [3.63, 3.8) is 0 Å². The minimum Gasteiger partial charge on any atom is -0.455 e. The number of rotatable bonds is 8. The fourth-order valence-electron chi connectivity index (χ4n) is 10.3. The second-order valence-electron chi connectivity index (χ2n) is 17.3. The van der Waals surface area contributed by atoms with E-state index in [1.54, 1.807) is 0 Å². The number of nitrogens with zero attached hydrogens (tertiary/aromatic N) is 2. The maximum atomic E-state index is 6.55. The summed E-state index contributed by atoms with van der Waals surface area (Å²) in [6, 6.07) is 91.9. The molecule has 0 aliphatic carbocycles. The van der Waals surface area contributed by atoms with E-state index in [2.05, 4.69) is 252 Å². The van der Waals surface area contributed by atoms with Gasteiger partial charge in [0, 0.05) is 49.7 Å². The fraction of sp³-hybridized carbons (Fsp3) is 0. The zero-order chi connectivity index (χ0) is 44.3. The Labute approximate surface area is 388 Å². The molecule has 314 valence electrons. The van der Waals surface area contributed by atoms with Crippen molar-refractivity contribution in [2.45, 2.75) is 0 Å². The Morgan fingerprint density at radius 3 is 1.61 bits per heavy atom. The van der Waals surface area contributed by atoms with Gasteiger partial charge in [-0.1, -0.05) is 188 Å². The standard InChI is InChI=1S/C64H42N2O/c1-2-17-45-40-47(35-34-43(45)16-1)46-18-13-20-50(41-46)65(51-21-14-19-48(42-51)53-28-15-29-59-58-27-8-12-33-63(58)67-64(53)59)49-38-36-44(37-39-49)52-22-3-4-23-54(52)55-24-5-9-30-60(55)66-61-31-10-6-25-56(61)57-26-7-11-32-62(57)66/h1-42H. The van der Waals surface area contributed by atoms with Crippen molar-refractivity contribution in [3.8, 4) is 50.2 Å². The third-order valence-corrected chi connectivity index (χ3v) is 13.4. The topological polar surface area (TPSA) is 21.3 Å². The van der Waals surface area contributed by atoms with Crippen LogP contribution in [0.2, 0.25) is 0 Å². The van der Waals surface area contributed by atoms with Gasteiger partial charge in [0.25, 0.3) is 0 Å². The first-order valence-corrected chi connectivity index (χ1v) is 22.9. The molecule has 0 unspecified atom stereocenters. The molecule has 0 amide bonds. The van der Waals surface area contributed by atoms with Crippen LogP contribution in [0.4, 0.5) is 17.1 Å². The van der Waals surface area contributed by atoms with Crippen LogP contribution in [0.3, 0.4) is 0 Å². The summed E-state index contributed by atoms with van der Waals surface area (Å²) in [5, 5.41) is 7.20. The van der Waals surface area contributed by atoms with E-state index in [1.165, 1.54) is 54.8 Å².